The number of H-pyrrole nitrogens is 1. The van der Waals surface area contributed by atoms with Gasteiger partial charge in [-0.2, -0.15) is 9.78 Å². The normalized spacial score (nSPS) is 12.0. The molecule has 44 heavy (non-hydrogen) atoms. The number of amides is 1. The number of nitrogens with zero attached hydrogens (tertiary/aromatic N) is 5. The van der Waals surface area contributed by atoms with Crippen LogP contribution in [0.1, 0.15) is 29.0 Å². The number of imidazole rings is 1. The number of aromatic nitrogens is 6. The first-order valence-electron chi connectivity index (χ1n) is 13.9. The Morgan fingerprint density at radius 2 is 1.64 bits per heavy atom. The maximum absolute atomic E-state index is 14.2. The van der Waals surface area contributed by atoms with E-state index in [0.717, 1.165) is 33.4 Å². The molecule has 1 atom stereocenters. The highest BCUT2D eigenvalue weighted by molar-refractivity contribution is 6.31. The van der Waals surface area contributed by atoms with Gasteiger partial charge in [0.1, 0.15) is 11.5 Å². The molecule has 7 rings (SSSR count). The molecule has 0 aliphatic carbocycles. The third-order valence-electron chi connectivity index (χ3n) is 7.59. The number of nitrogens with one attached hydrogen (secondary N) is 2. The molecule has 4 aromatic heterocycles. The highest BCUT2D eigenvalue weighted by Crippen LogP contribution is 2.41. The van der Waals surface area contributed by atoms with Crippen molar-refractivity contribution in [3.05, 3.63) is 137 Å². The average Bonchev–Trinajstić information content (AvgIpc) is 3.78. The molecule has 216 valence electrons. The van der Waals surface area contributed by atoms with E-state index in [2.05, 4.69) is 31.9 Å². The molecule has 1 unspecified atom stereocenters. The average molecular weight is 619 g/mol. The van der Waals surface area contributed by atoms with E-state index in [1.54, 1.807) is 23.1 Å². The summed E-state index contributed by atoms with van der Waals surface area (Å²) in [5.74, 6) is 0.705. The van der Waals surface area contributed by atoms with Crippen LogP contribution in [0, 0.1) is 0 Å². The van der Waals surface area contributed by atoms with Crippen molar-refractivity contribution in [3.63, 3.8) is 0 Å². The minimum Gasteiger partial charge on any atom is -0.350 e. The molecule has 0 spiro atoms. The fourth-order valence-electron chi connectivity index (χ4n) is 5.44. The number of benzene rings is 3. The summed E-state index contributed by atoms with van der Waals surface area (Å²) >= 11 is 12.6. The lowest BCUT2D eigenvalue weighted by molar-refractivity contribution is 0.102. The summed E-state index contributed by atoms with van der Waals surface area (Å²) in [6.45, 7) is 2.10. The summed E-state index contributed by atoms with van der Waals surface area (Å²) in [6.07, 6.45) is 5.12. The van der Waals surface area contributed by atoms with E-state index in [-0.39, 0.29) is 11.9 Å². The van der Waals surface area contributed by atoms with Crippen molar-refractivity contribution in [1.82, 2.24) is 29.3 Å². The fraction of sp³-hybridized carbons (Fsp3) is 0.0588. The summed E-state index contributed by atoms with van der Waals surface area (Å²) in [6, 6.07) is 30.4. The number of hydrogen-bond donors (Lipinski definition) is 2. The monoisotopic (exact) mass is 617 g/mol. The highest BCUT2D eigenvalue weighted by atomic mass is 35.5. The molecule has 1 amide bonds. The van der Waals surface area contributed by atoms with Gasteiger partial charge < -0.3 is 14.9 Å². The van der Waals surface area contributed by atoms with Crippen LogP contribution in [0.5, 0.6) is 0 Å². The van der Waals surface area contributed by atoms with Gasteiger partial charge >= 0.3 is 0 Å². The highest BCUT2D eigenvalue weighted by Gasteiger charge is 2.28. The topological polar surface area (TPSA) is 93.4 Å². The van der Waals surface area contributed by atoms with Crippen LogP contribution in [0.4, 0.5) is 5.82 Å². The molecule has 4 heterocycles. The van der Waals surface area contributed by atoms with Gasteiger partial charge in [0.15, 0.2) is 5.82 Å². The van der Waals surface area contributed by atoms with Crippen LogP contribution in [-0.2, 0) is 0 Å². The minimum absolute atomic E-state index is 0.133. The molecule has 3 aromatic carbocycles. The number of pyridine rings is 1. The van der Waals surface area contributed by atoms with Crippen molar-refractivity contribution >= 4 is 45.8 Å². The van der Waals surface area contributed by atoms with Crippen molar-refractivity contribution in [3.8, 4) is 28.3 Å². The number of anilines is 1. The Hall–Kier alpha value is -5.18. The molecule has 8 nitrogen and oxygen atoms in total. The van der Waals surface area contributed by atoms with Gasteiger partial charge in [0.25, 0.3) is 5.91 Å². The van der Waals surface area contributed by atoms with Gasteiger partial charge in [-0.15, -0.1) is 0 Å². The van der Waals surface area contributed by atoms with Crippen molar-refractivity contribution in [2.24, 2.45) is 0 Å². The van der Waals surface area contributed by atoms with Crippen LogP contribution in [0.25, 0.3) is 39.2 Å². The Morgan fingerprint density at radius 1 is 0.864 bits per heavy atom. The predicted molar refractivity (Wildman–Crippen MR) is 175 cm³/mol. The SMILES string of the molecule is CC(c1ccc(Cl)cc1)n1cnc(-c2ccccc2)c1-c1c(C(=O)Nc2ccnn2-c2ccccn2)[nH]c2cc(Cl)ccc12. The van der Waals surface area contributed by atoms with Crippen LogP contribution in [0.3, 0.4) is 0 Å². The first kappa shape index (κ1) is 27.6. The molecular weight excluding hydrogens is 593 g/mol. The van der Waals surface area contributed by atoms with E-state index < -0.39 is 0 Å². The summed E-state index contributed by atoms with van der Waals surface area (Å²) < 4.78 is 3.68. The molecule has 0 radical (unpaired) electrons. The van der Waals surface area contributed by atoms with Crippen molar-refractivity contribution < 1.29 is 4.79 Å². The summed E-state index contributed by atoms with van der Waals surface area (Å²) in [5, 5.41) is 9.47. The number of hydrogen-bond acceptors (Lipinski definition) is 4. The molecule has 2 N–H and O–H groups in total. The van der Waals surface area contributed by atoms with Gasteiger partial charge in [-0.25, -0.2) is 9.97 Å². The molecule has 0 fully saturated rings. The molecular formula is C34H25Cl2N7O. The minimum atomic E-state index is -0.351. The maximum Gasteiger partial charge on any atom is 0.273 e. The number of halogens is 2. The summed E-state index contributed by atoms with van der Waals surface area (Å²) in [7, 11) is 0. The van der Waals surface area contributed by atoms with Crippen molar-refractivity contribution in [1.29, 1.82) is 0 Å². The first-order valence-corrected chi connectivity index (χ1v) is 14.7. The van der Waals surface area contributed by atoms with Gasteiger partial charge in [0.2, 0.25) is 0 Å². The van der Waals surface area contributed by atoms with Gasteiger partial charge in [-0.1, -0.05) is 77.8 Å². The molecule has 0 aliphatic heterocycles. The van der Waals surface area contributed by atoms with E-state index in [9.17, 15) is 4.79 Å². The van der Waals surface area contributed by atoms with E-state index >= 15 is 0 Å². The van der Waals surface area contributed by atoms with Gasteiger partial charge in [-0.05, 0) is 48.9 Å². The number of carbonyl (C=O) groups excluding carboxylic acids is 1. The summed E-state index contributed by atoms with van der Waals surface area (Å²) in [4.78, 5) is 26.9. The predicted octanol–water partition coefficient (Wildman–Crippen LogP) is 8.45. The van der Waals surface area contributed by atoms with Crippen LogP contribution >= 0.6 is 23.2 Å². The van der Waals surface area contributed by atoms with Crippen molar-refractivity contribution in [2.75, 3.05) is 5.32 Å². The molecule has 10 heteroatoms. The third kappa shape index (κ3) is 5.04. The Balaban J connectivity index is 1.42. The largest absolute Gasteiger partial charge is 0.350 e. The van der Waals surface area contributed by atoms with Crippen LogP contribution in [-0.4, -0.2) is 35.2 Å². The van der Waals surface area contributed by atoms with Gasteiger partial charge in [0.05, 0.1) is 30.0 Å². The quantitative estimate of drug-likeness (QED) is 0.188. The number of rotatable bonds is 7. The van der Waals surface area contributed by atoms with Crippen LogP contribution < -0.4 is 5.32 Å². The summed E-state index contributed by atoms with van der Waals surface area (Å²) in [5.41, 5.74) is 5.29. The second-order valence-electron chi connectivity index (χ2n) is 10.3. The number of fused-ring (bicyclic) bond motifs is 1. The van der Waals surface area contributed by atoms with Crippen LogP contribution in [0.2, 0.25) is 10.0 Å². The standard InChI is InChI=1S/C34H25Cl2N7O/c1-21(22-10-12-24(35)13-11-22)42-20-38-31(23-7-3-2-4-8-23)33(42)30-26-15-14-25(36)19-27(26)40-32(30)34(44)41-29-16-18-39-43(29)28-9-5-6-17-37-28/h2-21,40H,1H3,(H,41,44). The Labute approximate surface area is 262 Å². The lowest BCUT2D eigenvalue weighted by Gasteiger charge is -2.19. The van der Waals surface area contributed by atoms with E-state index in [4.69, 9.17) is 28.2 Å². The molecule has 0 saturated heterocycles. The second kappa shape index (κ2) is 11.5. The fourth-order valence-corrected chi connectivity index (χ4v) is 5.73. The van der Waals surface area contributed by atoms with Crippen molar-refractivity contribution in [2.45, 2.75) is 13.0 Å². The van der Waals surface area contributed by atoms with E-state index in [0.29, 0.717) is 32.9 Å². The van der Waals surface area contributed by atoms with Gasteiger partial charge in [0, 0.05) is 44.3 Å². The lowest BCUT2D eigenvalue weighted by Crippen LogP contribution is -2.17. The maximum atomic E-state index is 14.2. The first-order chi connectivity index (χ1) is 21.5. The third-order valence-corrected chi connectivity index (χ3v) is 8.07. The molecule has 0 bridgehead atoms. The van der Waals surface area contributed by atoms with E-state index in [1.807, 2.05) is 97.3 Å². The Morgan fingerprint density at radius 3 is 2.41 bits per heavy atom. The zero-order chi connectivity index (χ0) is 30.2. The van der Waals surface area contributed by atoms with Gasteiger partial charge in [-0.3, -0.25) is 4.79 Å². The zero-order valence-corrected chi connectivity index (χ0v) is 25.0. The molecule has 0 saturated carbocycles. The smallest absolute Gasteiger partial charge is 0.273 e. The zero-order valence-electron chi connectivity index (χ0n) is 23.4. The second-order valence-corrected chi connectivity index (χ2v) is 11.2. The Kier molecular flexibility index (Phi) is 7.21. The Bertz CT molecular complexity index is 2100. The molecule has 0 aliphatic rings. The number of aromatic amines is 1. The molecule has 7 aromatic rings. The number of carbonyl (C=O) groups is 1. The van der Waals surface area contributed by atoms with E-state index in [1.165, 1.54) is 0 Å². The van der Waals surface area contributed by atoms with Crippen LogP contribution in [0.15, 0.2) is 116 Å². The lowest BCUT2D eigenvalue weighted by atomic mass is 9.99.